The SMILES string of the molecule is O=c1c2sccc2ncn1CCN1CCCC[C@@H]1CO. The van der Waals surface area contributed by atoms with Crippen LogP contribution in [0.1, 0.15) is 19.3 Å². The third kappa shape index (κ3) is 2.63. The lowest BCUT2D eigenvalue weighted by atomic mass is 10.0. The van der Waals surface area contributed by atoms with E-state index in [1.807, 2.05) is 11.4 Å². The molecular formula is C14H19N3O2S. The summed E-state index contributed by atoms with van der Waals surface area (Å²) in [5, 5.41) is 11.3. The second-order valence-electron chi connectivity index (χ2n) is 5.25. The standard InChI is InChI=1S/C14H19N3O2S/c18-9-11-3-1-2-5-16(11)6-7-17-10-15-12-4-8-20-13(12)14(17)19/h4,8,10-11,18H,1-3,5-7,9H2/t11-/m1/s1. The molecule has 108 valence electrons. The van der Waals surface area contributed by atoms with E-state index in [9.17, 15) is 9.90 Å². The molecule has 1 aliphatic heterocycles. The number of likely N-dealkylation sites (tertiary alicyclic amines) is 1. The molecule has 2 aromatic rings. The highest BCUT2D eigenvalue weighted by Gasteiger charge is 2.21. The number of hydrogen-bond acceptors (Lipinski definition) is 5. The Morgan fingerprint density at radius 2 is 2.30 bits per heavy atom. The van der Waals surface area contributed by atoms with Gasteiger partial charge in [0, 0.05) is 19.1 Å². The fourth-order valence-electron chi connectivity index (χ4n) is 2.84. The minimum absolute atomic E-state index is 0.0440. The van der Waals surface area contributed by atoms with Gasteiger partial charge in [-0.15, -0.1) is 11.3 Å². The van der Waals surface area contributed by atoms with Crippen molar-refractivity contribution in [2.24, 2.45) is 0 Å². The van der Waals surface area contributed by atoms with Gasteiger partial charge in [-0.25, -0.2) is 4.98 Å². The highest BCUT2D eigenvalue weighted by molar-refractivity contribution is 7.17. The Labute approximate surface area is 121 Å². The number of hydrogen-bond donors (Lipinski definition) is 1. The van der Waals surface area contributed by atoms with E-state index in [1.54, 1.807) is 10.9 Å². The van der Waals surface area contributed by atoms with Crippen LogP contribution in [0, 0.1) is 0 Å². The molecule has 1 aliphatic rings. The first-order chi connectivity index (χ1) is 9.79. The maximum Gasteiger partial charge on any atom is 0.271 e. The highest BCUT2D eigenvalue weighted by atomic mass is 32.1. The molecule has 0 radical (unpaired) electrons. The van der Waals surface area contributed by atoms with Crippen molar-refractivity contribution in [3.8, 4) is 0 Å². The quantitative estimate of drug-likeness (QED) is 0.923. The van der Waals surface area contributed by atoms with Gasteiger partial charge in [-0.3, -0.25) is 14.3 Å². The lowest BCUT2D eigenvalue weighted by molar-refractivity contribution is 0.0869. The van der Waals surface area contributed by atoms with Crippen LogP contribution in [0.3, 0.4) is 0 Å². The number of thiophene rings is 1. The largest absolute Gasteiger partial charge is 0.395 e. The summed E-state index contributed by atoms with van der Waals surface area (Å²) >= 11 is 1.45. The van der Waals surface area contributed by atoms with Crippen LogP contribution in [-0.4, -0.2) is 45.3 Å². The van der Waals surface area contributed by atoms with Crippen molar-refractivity contribution < 1.29 is 5.11 Å². The smallest absolute Gasteiger partial charge is 0.271 e. The van der Waals surface area contributed by atoms with Crippen molar-refractivity contribution in [1.29, 1.82) is 0 Å². The molecule has 1 N–H and O–H groups in total. The summed E-state index contributed by atoms with van der Waals surface area (Å²) in [6, 6.07) is 2.12. The molecule has 2 aromatic heterocycles. The molecule has 1 atom stereocenters. The molecule has 0 amide bonds. The van der Waals surface area contributed by atoms with Gasteiger partial charge in [0.1, 0.15) is 4.70 Å². The molecular weight excluding hydrogens is 274 g/mol. The number of aliphatic hydroxyl groups is 1. The number of rotatable bonds is 4. The zero-order valence-corrected chi connectivity index (χ0v) is 12.2. The maximum absolute atomic E-state index is 12.3. The third-order valence-electron chi connectivity index (χ3n) is 4.02. The van der Waals surface area contributed by atoms with Crippen LogP contribution in [-0.2, 0) is 6.54 Å². The van der Waals surface area contributed by atoms with E-state index in [4.69, 9.17) is 0 Å². The first-order valence-corrected chi connectivity index (χ1v) is 7.95. The van der Waals surface area contributed by atoms with Crippen molar-refractivity contribution in [2.75, 3.05) is 19.7 Å². The molecule has 0 bridgehead atoms. The summed E-state index contributed by atoms with van der Waals surface area (Å²) in [4.78, 5) is 18.9. The molecule has 6 heteroatoms. The lowest BCUT2D eigenvalue weighted by Gasteiger charge is -2.34. The van der Waals surface area contributed by atoms with Gasteiger partial charge in [0.25, 0.3) is 5.56 Å². The van der Waals surface area contributed by atoms with Gasteiger partial charge in [-0.1, -0.05) is 6.42 Å². The molecule has 5 nitrogen and oxygen atoms in total. The van der Waals surface area contributed by atoms with Gasteiger partial charge in [-0.2, -0.15) is 0 Å². The summed E-state index contributed by atoms with van der Waals surface area (Å²) in [7, 11) is 0. The third-order valence-corrected chi connectivity index (χ3v) is 4.92. The normalized spacial score (nSPS) is 20.6. The minimum atomic E-state index is 0.0440. The van der Waals surface area contributed by atoms with Crippen LogP contribution in [0.25, 0.3) is 10.2 Å². The topological polar surface area (TPSA) is 58.4 Å². The Kier molecular flexibility index (Phi) is 4.14. The van der Waals surface area contributed by atoms with Crippen LogP contribution in [0.15, 0.2) is 22.6 Å². The predicted octanol–water partition coefficient (Wildman–Crippen LogP) is 1.30. The van der Waals surface area contributed by atoms with Crippen LogP contribution in [0.5, 0.6) is 0 Å². The summed E-state index contributed by atoms with van der Waals surface area (Å²) in [6.07, 6.45) is 5.04. The van der Waals surface area contributed by atoms with Crippen molar-refractivity contribution >= 4 is 21.6 Å². The Morgan fingerprint density at radius 3 is 3.15 bits per heavy atom. The average Bonchev–Trinajstić information content (AvgIpc) is 2.96. The Balaban J connectivity index is 1.73. The van der Waals surface area contributed by atoms with Crippen molar-refractivity contribution in [3.63, 3.8) is 0 Å². The fraction of sp³-hybridized carbons (Fsp3) is 0.571. The van der Waals surface area contributed by atoms with Crippen LogP contribution in [0.4, 0.5) is 0 Å². The summed E-state index contributed by atoms with van der Waals surface area (Å²) in [6.45, 7) is 2.64. The van der Waals surface area contributed by atoms with Gasteiger partial charge in [0.05, 0.1) is 18.5 Å². The second-order valence-corrected chi connectivity index (χ2v) is 6.16. The van der Waals surface area contributed by atoms with E-state index in [1.165, 1.54) is 24.2 Å². The van der Waals surface area contributed by atoms with Crippen LogP contribution in [0.2, 0.25) is 0 Å². The number of fused-ring (bicyclic) bond motifs is 1. The van der Waals surface area contributed by atoms with E-state index < -0.39 is 0 Å². The van der Waals surface area contributed by atoms with Gasteiger partial charge in [0.15, 0.2) is 0 Å². The van der Waals surface area contributed by atoms with Gasteiger partial charge in [0.2, 0.25) is 0 Å². The van der Waals surface area contributed by atoms with Gasteiger partial charge in [-0.05, 0) is 30.8 Å². The predicted molar refractivity (Wildman–Crippen MR) is 80.2 cm³/mol. The van der Waals surface area contributed by atoms with Crippen molar-refractivity contribution in [2.45, 2.75) is 31.8 Å². The highest BCUT2D eigenvalue weighted by Crippen LogP contribution is 2.16. The number of piperidine rings is 1. The molecule has 0 aromatic carbocycles. The molecule has 20 heavy (non-hydrogen) atoms. The Bertz CT molecular complexity index is 637. The summed E-state index contributed by atoms with van der Waals surface area (Å²) < 4.78 is 2.41. The van der Waals surface area contributed by atoms with Crippen LogP contribution >= 0.6 is 11.3 Å². The summed E-state index contributed by atoms with van der Waals surface area (Å²) in [5.41, 5.74) is 0.824. The Morgan fingerprint density at radius 1 is 1.40 bits per heavy atom. The van der Waals surface area contributed by atoms with Gasteiger partial charge < -0.3 is 5.11 Å². The van der Waals surface area contributed by atoms with Crippen molar-refractivity contribution in [1.82, 2.24) is 14.5 Å². The van der Waals surface area contributed by atoms with Crippen molar-refractivity contribution in [3.05, 3.63) is 28.1 Å². The van der Waals surface area contributed by atoms with Gasteiger partial charge >= 0.3 is 0 Å². The first kappa shape index (κ1) is 13.7. The zero-order chi connectivity index (χ0) is 13.9. The molecule has 1 fully saturated rings. The zero-order valence-electron chi connectivity index (χ0n) is 11.4. The lowest BCUT2D eigenvalue weighted by Crippen LogP contribution is -2.44. The molecule has 0 saturated carbocycles. The number of nitrogens with zero attached hydrogens (tertiary/aromatic N) is 3. The molecule has 3 rings (SSSR count). The van der Waals surface area contributed by atoms with E-state index in [-0.39, 0.29) is 18.2 Å². The molecule has 1 saturated heterocycles. The summed E-state index contributed by atoms with van der Waals surface area (Å²) in [5.74, 6) is 0. The number of aromatic nitrogens is 2. The fourth-order valence-corrected chi connectivity index (χ4v) is 3.63. The van der Waals surface area contributed by atoms with E-state index in [0.717, 1.165) is 29.7 Å². The second kappa shape index (κ2) is 6.03. The molecule has 0 unspecified atom stereocenters. The number of aliphatic hydroxyl groups excluding tert-OH is 1. The minimum Gasteiger partial charge on any atom is -0.395 e. The molecule has 0 spiro atoms. The van der Waals surface area contributed by atoms with E-state index >= 15 is 0 Å². The monoisotopic (exact) mass is 293 g/mol. The first-order valence-electron chi connectivity index (χ1n) is 7.07. The van der Waals surface area contributed by atoms with Crippen LogP contribution < -0.4 is 5.56 Å². The molecule has 0 aliphatic carbocycles. The van der Waals surface area contributed by atoms with E-state index in [0.29, 0.717) is 6.54 Å². The maximum atomic E-state index is 12.3. The Hall–Kier alpha value is -1.24. The molecule has 3 heterocycles. The average molecular weight is 293 g/mol. The van der Waals surface area contributed by atoms with E-state index in [2.05, 4.69) is 9.88 Å².